The van der Waals surface area contributed by atoms with Gasteiger partial charge in [0.25, 0.3) is 0 Å². The zero-order valence-corrected chi connectivity index (χ0v) is 20.4. The normalized spacial score (nSPS) is 11.0. The van der Waals surface area contributed by atoms with E-state index in [0.29, 0.717) is 9.52 Å². The Morgan fingerprint density at radius 3 is 1.60 bits per heavy atom. The van der Waals surface area contributed by atoms with Gasteiger partial charge in [-0.05, 0) is 55.4 Å². The van der Waals surface area contributed by atoms with Crippen LogP contribution in [0.1, 0.15) is 0 Å². The van der Waals surface area contributed by atoms with Crippen LogP contribution >= 0.6 is 0 Å². The van der Waals surface area contributed by atoms with E-state index in [-0.39, 0.29) is 0 Å². The average Bonchev–Trinajstić information content (AvgIpc) is 2.94. The van der Waals surface area contributed by atoms with Gasteiger partial charge in [0.1, 0.15) is 9.52 Å². The number of hydrogen-bond donors (Lipinski definition) is 0. The highest BCUT2D eigenvalue weighted by molar-refractivity contribution is 6.73. The number of rotatable bonds is 5. The summed E-state index contributed by atoms with van der Waals surface area (Å²) in [7, 11) is 0.521. The monoisotopic (exact) mass is 460 g/mol. The van der Waals surface area contributed by atoms with E-state index < -0.39 is 0 Å². The van der Waals surface area contributed by atoms with Gasteiger partial charge >= 0.3 is 0 Å². The predicted molar refractivity (Wildman–Crippen MR) is 152 cm³/mol. The first-order valence-electron chi connectivity index (χ1n) is 12.0. The number of hydrogen-bond acceptors (Lipinski definition) is 0. The van der Waals surface area contributed by atoms with Gasteiger partial charge in [0.15, 0.2) is 0 Å². The summed E-state index contributed by atoms with van der Waals surface area (Å²) >= 11 is 0. The molecule has 6 aromatic carbocycles. The molecule has 0 N–H and O–H groups in total. The third kappa shape index (κ3) is 4.23. The van der Waals surface area contributed by atoms with Crippen molar-refractivity contribution in [1.29, 1.82) is 0 Å². The van der Waals surface area contributed by atoms with Gasteiger partial charge in [-0.1, -0.05) is 145 Å². The van der Waals surface area contributed by atoms with Gasteiger partial charge < -0.3 is 0 Å². The van der Waals surface area contributed by atoms with Crippen LogP contribution in [0.3, 0.4) is 0 Å². The molecule has 0 nitrogen and oxygen atoms in total. The van der Waals surface area contributed by atoms with Gasteiger partial charge in [-0.25, -0.2) is 0 Å². The van der Waals surface area contributed by atoms with Gasteiger partial charge in [0, 0.05) is 0 Å². The average molecular weight is 461 g/mol. The molecule has 164 valence electrons. The minimum absolute atomic E-state index is 0.521. The maximum atomic E-state index is 2.37. The zero-order chi connectivity index (χ0) is 23.5. The summed E-state index contributed by atoms with van der Waals surface area (Å²) in [6.07, 6.45) is 0. The Labute approximate surface area is 209 Å². The summed E-state index contributed by atoms with van der Waals surface area (Å²) in [5.74, 6) is 0. The number of fused-ring (bicyclic) bond motifs is 1. The fourth-order valence-corrected chi connectivity index (χ4v) is 6.40. The van der Waals surface area contributed by atoms with Gasteiger partial charge in [-0.15, -0.1) is 0 Å². The highest BCUT2D eigenvalue weighted by Crippen LogP contribution is 2.34. The summed E-state index contributed by atoms with van der Waals surface area (Å²) in [6.45, 7) is 0. The Hall–Kier alpha value is -4.20. The summed E-state index contributed by atoms with van der Waals surface area (Å²) in [5.41, 5.74) is 7.70. The van der Waals surface area contributed by atoms with Gasteiger partial charge in [0.2, 0.25) is 0 Å². The van der Waals surface area contributed by atoms with Gasteiger partial charge in [-0.3, -0.25) is 0 Å². The molecule has 0 heterocycles. The summed E-state index contributed by atoms with van der Waals surface area (Å²) in [5, 5.41) is 5.38. The highest BCUT2D eigenvalue weighted by atomic mass is 28.2. The van der Waals surface area contributed by atoms with E-state index >= 15 is 0 Å². The van der Waals surface area contributed by atoms with Crippen LogP contribution in [-0.2, 0) is 0 Å². The second-order valence-corrected chi connectivity index (χ2v) is 9.95. The summed E-state index contributed by atoms with van der Waals surface area (Å²) < 4.78 is 0. The maximum Gasteiger partial charge on any atom is 0.124 e. The van der Waals surface area contributed by atoms with E-state index in [9.17, 15) is 0 Å². The van der Waals surface area contributed by atoms with E-state index in [4.69, 9.17) is 0 Å². The van der Waals surface area contributed by atoms with Gasteiger partial charge in [0.05, 0.1) is 0 Å². The molecule has 0 aromatic heterocycles. The third-order valence-corrected chi connectivity index (χ3v) is 7.94. The van der Waals surface area contributed by atoms with E-state index in [2.05, 4.69) is 146 Å². The van der Waals surface area contributed by atoms with Crippen LogP contribution < -0.4 is 10.4 Å². The molecule has 0 unspecified atom stereocenters. The van der Waals surface area contributed by atoms with E-state index in [1.54, 1.807) is 0 Å². The van der Waals surface area contributed by atoms with Crippen LogP contribution in [0.2, 0.25) is 0 Å². The van der Waals surface area contributed by atoms with E-state index in [1.165, 1.54) is 54.5 Å². The largest absolute Gasteiger partial charge is 0.124 e. The van der Waals surface area contributed by atoms with Crippen LogP contribution in [0.25, 0.3) is 44.2 Å². The molecule has 2 radical (unpaired) electrons. The van der Waals surface area contributed by atoms with Crippen molar-refractivity contribution >= 4 is 30.7 Å². The summed E-state index contributed by atoms with van der Waals surface area (Å²) in [4.78, 5) is 0. The van der Waals surface area contributed by atoms with Crippen molar-refractivity contribution < 1.29 is 0 Å². The minimum atomic E-state index is 0.521. The molecule has 0 spiro atoms. The Kier molecular flexibility index (Phi) is 5.84. The quantitative estimate of drug-likeness (QED) is 0.234. The van der Waals surface area contributed by atoms with Crippen molar-refractivity contribution in [3.63, 3.8) is 0 Å². The van der Waals surface area contributed by atoms with Crippen molar-refractivity contribution in [2.75, 3.05) is 0 Å². The molecule has 0 atom stereocenters. The molecule has 0 saturated heterocycles. The Morgan fingerprint density at radius 2 is 0.914 bits per heavy atom. The Balaban J connectivity index is 1.65. The predicted octanol–water partition coefficient (Wildman–Crippen LogP) is 7.50. The maximum absolute atomic E-state index is 2.37. The molecule has 0 aliphatic heterocycles. The van der Waals surface area contributed by atoms with Crippen LogP contribution in [0, 0.1) is 0 Å². The summed E-state index contributed by atoms with van der Waals surface area (Å²) in [6, 6.07) is 52.5. The lowest BCUT2D eigenvalue weighted by Gasteiger charge is -2.20. The lowest BCUT2D eigenvalue weighted by Crippen LogP contribution is -2.31. The van der Waals surface area contributed by atoms with Crippen molar-refractivity contribution in [1.82, 2.24) is 0 Å². The lowest BCUT2D eigenvalue weighted by atomic mass is 9.91. The van der Waals surface area contributed by atoms with Crippen molar-refractivity contribution in [2.45, 2.75) is 0 Å². The Bertz CT molecular complexity index is 1590. The number of benzene rings is 6. The minimum Gasteiger partial charge on any atom is -0.0625 e. The van der Waals surface area contributed by atoms with Crippen LogP contribution in [0.15, 0.2) is 146 Å². The SMILES string of the molecule is c1ccc(-c2ccccc2[Si]c2c(-c3ccccc3)c(-c3ccccc3)cc3ccccc23)cc1. The molecule has 0 bridgehead atoms. The Morgan fingerprint density at radius 1 is 0.400 bits per heavy atom. The van der Waals surface area contributed by atoms with Crippen molar-refractivity contribution in [3.05, 3.63) is 146 Å². The fourth-order valence-electron chi connectivity index (χ4n) is 4.82. The zero-order valence-electron chi connectivity index (χ0n) is 19.4. The second kappa shape index (κ2) is 9.58. The molecule has 0 aliphatic carbocycles. The molecule has 0 aliphatic rings. The standard InChI is InChI=1S/C34H24Si/c1-4-14-25(15-5-1)29-21-12-13-23-32(29)35-34-30-22-11-10-20-28(30)24-31(26-16-6-2-7-17-26)33(34)27-18-8-3-9-19-27/h1-24H. The highest BCUT2D eigenvalue weighted by Gasteiger charge is 2.18. The first kappa shape index (κ1) is 21.3. The molecular formula is C34H24Si. The molecule has 0 saturated carbocycles. The van der Waals surface area contributed by atoms with Crippen molar-refractivity contribution in [2.24, 2.45) is 0 Å². The second-order valence-electron chi connectivity index (χ2n) is 8.66. The fraction of sp³-hybridized carbons (Fsp3) is 0. The topological polar surface area (TPSA) is 0 Å². The first-order valence-corrected chi connectivity index (χ1v) is 13.0. The van der Waals surface area contributed by atoms with E-state index in [1.807, 2.05) is 0 Å². The van der Waals surface area contributed by atoms with Gasteiger partial charge in [-0.2, -0.15) is 0 Å². The molecule has 6 rings (SSSR count). The molecular weight excluding hydrogens is 436 g/mol. The van der Waals surface area contributed by atoms with E-state index in [0.717, 1.165) is 0 Å². The van der Waals surface area contributed by atoms with Crippen LogP contribution in [0.5, 0.6) is 0 Å². The smallest absolute Gasteiger partial charge is 0.0625 e. The molecule has 0 fully saturated rings. The van der Waals surface area contributed by atoms with Crippen molar-refractivity contribution in [3.8, 4) is 33.4 Å². The van der Waals surface area contributed by atoms with Crippen LogP contribution in [-0.4, -0.2) is 9.52 Å². The molecule has 35 heavy (non-hydrogen) atoms. The molecule has 1 heteroatoms. The molecule has 0 amide bonds. The lowest BCUT2D eigenvalue weighted by molar-refractivity contribution is 1.61. The first-order chi connectivity index (χ1) is 17.4. The van der Waals surface area contributed by atoms with Crippen LogP contribution in [0.4, 0.5) is 0 Å². The third-order valence-electron chi connectivity index (χ3n) is 6.47. The molecule has 6 aromatic rings.